The Morgan fingerprint density at radius 1 is 1.10 bits per heavy atom. The Morgan fingerprint density at radius 3 is 2.45 bits per heavy atom. The van der Waals surface area contributed by atoms with Crippen LogP contribution in [0.1, 0.15) is 48.0 Å². The van der Waals surface area contributed by atoms with E-state index in [1.807, 2.05) is 75.6 Å². The van der Waals surface area contributed by atoms with Gasteiger partial charge in [-0.1, -0.05) is 36.4 Å². The van der Waals surface area contributed by atoms with Gasteiger partial charge in [-0.25, -0.2) is 14.8 Å². The van der Waals surface area contributed by atoms with Crippen LogP contribution in [0.3, 0.4) is 0 Å². The summed E-state index contributed by atoms with van der Waals surface area (Å²) in [6.45, 7) is 6.37. The van der Waals surface area contributed by atoms with Crippen LogP contribution in [0.25, 0.3) is 0 Å². The maximum Gasteiger partial charge on any atom is 0.410 e. The second-order valence-corrected chi connectivity index (χ2v) is 10.6. The van der Waals surface area contributed by atoms with Gasteiger partial charge in [-0.2, -0.15) is 5.26 Å². The van der Waals surface area contributed by atoms with Crippen molar-refractivity contribution in [2.24, 2.45) is 0 Å². The maximum absolute atomic E-state index is 13.1. The Bertz CT molecular complexity index is 1380. The first-order chi connectivity index (χ1) is 19.1. The van der Waals surface area contributed by atoms with Gasteiger partial charge in [0.25, 0.3) is 0 Å². The van der Waals surface area contributed by atoms with Gasteiger partial charge in [-0.3, -0.25) is 4.79 Å². The summed E-state index contributed by atoms with van der Waals surface area (Å²) < 4.78 is 11.2. The lowest BCUT2D eigenvalue weighted by Crippen LogP contribution is -2.37. The number of aromatic nitrogens is 2. The number of ether oxygens (including phenoxy) is 2. The standard InChI is InChI=1S/C30H33N5O4S/c1-30(2,3)39-29(37)35(20-22-9-7-6-8-10-22)14-13-21-11-12-24(26(15-21)38-4)25(36)16-28(40-5)34-27-19-32-23(17-31)18-33-27/h6-12,15-16,18-19H,13-14,20H2,1-5H3,(H,33,34). The van der Waals surface area contributed by atoms with Crippen LogP contribution >= 0.6 is 11.8 Å². The summed E-state index contributed by atoms with van der Waals surface area (Å²) in [5, 5.41) is 12.5. The second kappa shape index (κ2) is 14.1. The molecule has 0 bridgehead atoms. The van der Waals surface area contributed by atoms with Gasteiger partial charge < -0.3 is 19.7 Å². The smallest absolute Gasteiger partial charge is 0.410 e. The molecule has 0 unspecified atom stereocenters. The normalized spacial score (nSPS) is 11.3. The van der Waals surface area contributed by atoms with E-state index in [2.05, 4.69) is 15.3 Å². The van der Waals surface area contributed by atoms with Crippen molar-refractivity contribution in [1.82, 2.24) is 14.9 Å². The number of nitrogens with one attached hydrogen (secondary N) is 1. The van der Waals surface area contributed by atoms with E-state index < -0.39 is 5.60 Å². The number of amides is 1. The second-order valence-electron chi connectivity index (χ2n) is 9.77. The average Bonchev–Trinajstić information content (AvgIpc) is 2.94. The lowest BCUT2D eigenvalue weighted by atomic mass is 10.0. The first kappa shape index (κ1) is 30.2. The Labute approximate surface area is 239 Å². The van der Waals surface area contributed by atoms with Crippen molar-refractivity contribution >= 4 is 29.5 Å². The molecular weight excluding hydrogens is 526 g/mol. The summed E-state index contributed by atoms with van der Waals surface area (Å²) in [6, 6.07) is 17.1. The van der Waals surface area contributed by atoms with Crippen LogP contribution in [0.4, 0.5) is 10.6 Å². The van der Waals surface area contributed by atoms with Gasteiger partial charge in [-0.05, 0) is 56.7 Å². The third-order valence-corrected chi connectivity index (χ3v) is 6.23. The molecule has 0 atom stereocenters. The zero-order valence-electron chi connectivity index (χ0n) is 23.3. The molecule has 2 aromatic carbocycles. The number of carbonyl (C=O) groups excluding carboxylic acids is 2. The van der Waals surface area contributed by atoms with Crippen LogP contribution in [0.2, 0.25) is 0 Å². The number of thioether (sulfide) groups is 1. The third-order valence-electron chi connectivity index (χ3n) is 5.57. The van der Waals surface area contributed by atoms with Crippen molar-refractivity contribution in [1.29, 1.82) is 5.26 Å². The Balaban J connectivity index is 1.74. The number of ketones is 1. The molecular formula is C30H33N5O4S. The molecule has 0 spiro atoms. The molecule has 0 radical (unpaired) electrons. The van der Waals surface area contributed by atoms with E-state index in [0.29, 0.717) is 41.7 Å². The number of hydrogen-bond acceptors (Lipinski definition) is 9. The minimum Gasteiger partial charge on any atom is -0.496 e. The molecule has 0 aliphatic rings. The molecule has 208 valence electrons. The Morgan fingerprint density at radius 2 is 1.85 bits per heavy atom. The van der Waals surface area contributed by atoms with Crippen molar-refractivity contribution in [3.63, 3.8) is 0 Å². The van der Waals surface area contributed by atoms with Crippen molar-refractivity contribution < 1.29 is 19.1 Å². The number of hydrogen-bond donors (Lipinski definition) is 1. The Hall–Kier alpha value is -4.36. The van der Waals surface area contributed by atoms with Crippen LogP contribution in [-0.4, -0.2) is 52.3 Å². The fraction of sp³-hybridized carbons (Fsp3) is 0.300. The SMILES string of the molecule is COc1cc(CCN(Cc2ccccc2)C(=O)OC(C)(C)C)ccc1C(=O)C=C(Nc1cnc(C#N)cn1)SC. The lowest BCUT2D eigenvalue weighted by Gasteiger charge is -2.27. The highest BCUT2D eigenvalue weighted by atomic mass is 32.2. The van der Waals surface area contributed by atoms with E-state index in [0.717, 1.165) is 11.1 Å². The number of anilines is 1. The predicted molar refractivity (Wildman–Crippen MR) is 156 cm³/mol. The maximum atomic E-state index is 13.1. The van der Waals surface area contributed by atoms with E-state index in [4.69, 9.17) is 14.7 Å². The summed E-state index contributed by atoms with van der Waals surface area (Å²) in [6.07, 6.45) is 6.24. The highest BCUT2D eigenvalue weighted by Gasteiger charge is 2.22. The number of carbonyl (C=O) groups is 2. The highest BCUT2D eigenvalue weighted by Crippen LogP contribution is 2.24. The van der Waals surface area contributed by atoms with Gasteiger partial charge in [-0.15, -0.1) is 11.8 Å². The number of nitriles is 1. The minimum atomic E-state index is -0.609. The lowest BCUT2D eigenvalue weighted by molar-refractivity contribution is 0.0235. The van der Waals surface area contributed by atoms with Crippen LogP contribution in [0.5, 0.6) is 5.75 Å². The van der Waals surface area contributed by atoms with Crippen molar-refractivity contribution in [3.05, 3.63) is 94.4 Å². The first-order valence-corrected chi connectivity index (χ1v) is 13.8. The Kier molecular flexibility index (Phi) is 10.7. The molecule has 0 saturated heterocycles. The number of methoxy groups -OCH3 is 1. The average molecular weight is 560 g/mol. The predicted octanol–water partition coefficient (Wildman–Crippen LogP) is 5.84. The summed E-state index contributed by atoms with van der Waals surface area (Å²) in [4.78, 5) is 35.9. The van der Waals surface area contributed by atoms with Crippen molar-refractivity contribution in [2.75, 3.05) is 25.2 Å². The molecule has 0 fully saturated rings. The van der Waals surface area contributed by atoms with E-state index in [9.17, 15) is 9.59 Å². The summed E-state index contributed by atoms with van der Waals surface area (Å²) in [5.74, 6) is 0.602. The minimum absolute atomic E-state index is 0.204. The quantitative estimate of drug-likeness (QED) is 0.228. The van der Waals surface area contributed by atoms with Crippen molar-refractivity contribution in [2.45, 2.75) is 39.3 Å². The van der Waals surface area contributed by atoms with Crippen LogP contribution in [-0.2, 0) is 17.7 Å². The third kappa shape index (κ3) is 9.13. The molecule has 40 heavy (non-hydrogen) atoms. The van der Waals surface area contributed by atoms with Gasteiger partial charge in [0, 0.05) is 19.2 Å². The van der Waals surface area contributed by atoms with Gasteiger partial charge in [0.2, 0.25) is 0 Å². The fourth-order valence-electron chi connectivity index (χ4n) is 3.64. The molecule has 3 aromatic rings. The number of nitrogens with zero attached hydrogens (tertiary/aromatic N) is 4. The molecule has 3 rings (SSSR count). The van der Waals surface area contributed by atoms with Crippen LogP contribution < -0.4 is 10.1 Å². The molecule has 1 aromatic heterocycles. The van der Waals surface area contributed by atoms with Gasteiger partial charge >= 0.3 is 6.09 Å². The molecule has 0 saturated carbocycles. The largest absolute Gasteiger partial charge is 0.496 e. The number of allylic oxidation sites excluding steroid dienone is 1. The first-order valence-electron chi connectivity index (χ1n) is 12.6. The molecule has 10 heteroatoms. The van der Waals surface area contributed by atoms with Gasteiger partial charge in [0.1, 0.15) is 23.2 Å². The number of rotatable bonds is 11. The summed E-state index contributed by atoms with van der Waals surface area (Å²) in [7, 11) is 1.52. The van der Waals surface area contributed by atoms with E-state index >= 15 is 0 Å². The highest BCUT2D eigenvalue weighted by molar-refractivity contribution is 8.02. The summed E-state index contributed by atoms with van der Waals surface area (Å²) >= 11 is 1.34. The molecule has 0 aliphatic heterocycles. The molecule has 1 heterocycles. The topological polar surface area (TPSA) is 117 Å². The van der Waals surface area contributed by atoms with E-state index in [-0.39, 0.29) is 17.6 Å². The molecule has 1 amide bonds. The van der Waals surface area contributed by atoms with E-state index in [1.54, 1.807) is 11.0 Å². The van der Waals surface area contributed by atoms with Gasteiger partial charge in [0.05, 0.1) is 30.1 Å². The van der Waals surface area contributed by atoms with Crippen LogP contribution in [0, 0.1) is 11.3 Å². The zero-order chi connectivity index (χ0) is 29.1. The van der Waals surface area contributed by atoms with Crippen molar-refractivity contribution in [3.8, 4) is 11.8 Å². The van der Waals surface area contributed by atoms with E-state index in [1.165, 1.54) is 37.3 Å². The molecule has 9 nitrogen and oxygen atoms in total. The molecule has 0 aliphatic carbocycles. The number of benzene rings is 2. The van der Waals surface area contributed by atoms with Gasteiger partial charge in [0.15, 0.2) is 11.5 Å². The van der Waals surface area contributed by atoms with Crippen LogP contribution in [0.15, 0.2) is 72.0 Å². The monoisotopic (exact) mass is 559 g/mol. The summed E-state index contributed by atoms with van der Waals surface area (Å²) in [5.41, 5.74) is 1.91. The fourth-order valence-corrected chi connectivity index (χ4v) is 4.07. The molecule has 1 N–H and O–H groups in total. The zero-order valence-corrected chi connectivity index (χ0v) is 24.1.